The molecule has 1 aromatic heterocycles. The van der Waals surface area contributed by atoms with Crippen LogP contribution < -0.4 is 4.72 Å². The number of pyridine rings is 1. The molecule has 4 atom stereocenters. The van der Waals surface area contributed by atoms with Gasteiger partial charge in [-0.2, -0.15) is 0 Å². The van der Waals surface area contributed by atoms with Crippen molar-refractivity contribution in [2.24, 2.45) is 5.92 Å². The predicted molar refractivity (Wildman–Crippen MR) is 210 cm³/mol. The molecule has 268 valence electrons. The number of likely N-dealkylation sites (N-methyl/N-ethyl adjacent to an activating group) is 1. The van der Waals surface area contributed by atoms with Crippen molar-refractivity contribution in [3.63, 3.8) is 0 Å². The van der Waals surface area contributed by atoms with Crippen LogP contribution in [0.3, 0.4) is 0 Å². The van der Waals surface area contributed by atoms with Crippen molar-refractivity contribution in [1.82, 2.24) is 9.88 Å². The average Bonchev–Trinajstić information content (AvgIpc) is 3.18. The van der Waals surface area contributed by atoms with Crippen LogP contribution in [0.5, 0.6) is 0 Å². The fourth-order valence-electron chi connectivity index (χ4n) is 7.50. The van der Waals surface area contributed by atoms with Crippen molar-refractivity contribution in [2.75, 3.05) is 18.3 Å². The summed E-state index contributed by atoms with van der Waals surface area (Å²) in [5.41, 5.74) is 4.57. The van der Waals surface area contributed by atoms with Crippen LogP contribution in [0.2, 0.25) is 0 Å². The zero-order valence-electron chi connectivity index (χ0n) is 29.6. The van der Waals surface area contributed by atoms with E-state index in [4.69, 9.17) is 9.47 Å². The molecule has 0 amide bonds. The number of aliphatic hydroxyl groups excluding tert-OH is 1. The van der Waals surface area contributed by atoms with Crippen LogP contribution in [0, 0.1) is 5.92 Å². The lowest BCUT2D eigenvalue weighted by Crippen LogP contribution is -2.43. The summed E-state index contributed by atoms with van der Waals surface area (Å²) in [5, 5.41) is 15.3. The molecule has 1 fully saturated rings. The Morgan fingerprint density at radius 1 is 0.755 bits per heavy atom. The number of fused-ring (bicyclic) bond motifs is 3. The van der Waals surface area contributed by atoms with E-state index in [9.17, 15) is 13.5 Å². The van der Waals surface area contributed by atoms with Crippen molar-refractivity contribution in [2.45, 2.75) is 43.5 Å². The summed E-state index contributed by atoms with van der Waals surface area (Å²) in [5.74, 6) is -0.0292. The van der Waals surface area contributed by atoms with Crippen molar-refractivity contribution in [3.8, 4) is 0 Å². The fourth-order valence-corrected chi connectivity index (χ4v) is 8.73. The normalized spacial score (nSPS) is 19.2. The molecule has 8 rings (SSSR count). The molecule has 53 heavy (non-hydrogen) atoms. The largest absolute Gasteiger partial charge is 0.392 e. The van der Waals surface area contributed by atoms with Crippen molar-refractivity contribution in [1.29, 1.82) is 0 Å². The maximum Gasteiger partial charge on any atom is 0.264 e. The maximum absolute atomic E-state index is 13.7. The number of para-hydroxylation sites is 1. The van der Waals surface area contributed by atoms with Crippen molar-refractivity contribution >= 4 is 48.2 Å². The molecule has 0 bridgehead atoms. The Morgan fingerprint density at radius 2 is 1.43 bits per heavy atom. The molecule has 0 radical (unpaired) electrons. The molecule has 2 N–H and O–H groups in total. The Labute approximate surface area is 309 Å². The van der Waals surface area contributed by atoms with E-state index in [0.29, 0.717) is 23.3 Å². The van der Waals surface area contributed by atoms with Crippen LogP contribution in [0.15, 0.2) is 145 Å². The summed E-state index contributed by atoms with van der Waals surface area (Å²) < 4.78 is 43.7. The summed E-state index contributed by atoms with van der Waals surface area (Å²) in [6.45, 7) is 3.46. The molecule has 0 saturated carbocycles. The number of sulfonamides is 1. The number of nitrogens with one attached hydrogen (secondary N) is 1. The molecule has 8 nitrogen and oxygen atoms in total. The van der Waals surface area contributed by atoms with Gasteiger partial charge < -0.3 is 14.6 Å². The third-order valence-corrected chi connectivity index (χ3v) is 11.6. The van der Waals surface area contributed by atoms with Crippen molar-refractivity contribution in [3.05, 3.63) is 162 Å². The van der Waals surface area contributed by atoms with E-state index in [-0.39, 0.29) is 29.6 Å². The summed E-state index contributed by atoms with van der Waals surface area (Å²) in [6, 6.07) is 43.1. The second-order valence-corrected chi connectivity index (χ2v) is 15.5. The summed E-state index contributed by atoms with van der Waals surface area (Å²) in [7, 11) is -1.84. The van der Waals surface area contributed by atoms with Crippen LogP contribution >= 0.6 is 0 Å². The number of aliphatic hydroxyl groups is 1. The number of ether oxygens (including phenoxy) is 2. The van der Waals surface area contributed by atoms with Gasteiger partial charge in [0.2, 0.25) is 0 Å². The first-order chi connectivity index (χ1) is 25.8. The second kappa shape index (κ2) is 14.7. The third kappa shape index (κ3) is 7.14. The van der Waals surface area contributed by atoms with Gasteiger partial charge in [-0.25, -0.2) is 8.42 Å². The van der Waals surface area contributed by atoms with E-state index in [1.807, 2.05) is 42.5 Å². The second-order valence-electron chi connectivity index (χ2n) is 13.9. The Bertz CT molecular complexity index is 2470. The Balaban J connectivity index is 1.09. The number of hydrogen-bond acceptors (Lipinski definition) is 7. The van der Waals surface area contributed by atoms with Gasteiger partial charge >= 0.3 is 0 Å². The topological polar surface area (TPSA) is 101 Å². The quantitative estimate of drug-likeness (QED) is 0.136. The third-order valence-electron chi connectivity index (χ3n) is 10.2. The molecule has 2 heterocycles. The summed E-state index contributed by atoms with van der Waals surface area (Å²) >= 11 is 0. The Hall–Kier alpha value is -5.16. The van der Waals surface area contributed by atoms with E-state index in [1.165, 1.54) is 27.1 Å². The molecule has 1 saturated heterocycles. The SMILES string of the molecule is C[C@H]1[C@@H](CN(C)Cc2c3ccccc3cc3ccccc23)OC(c2cccc(NS(=O)(=O)c3cccc4cccnc34)c2)O[C@H]1c1ccc(CO)cc1. The van der Waals surface area contributed by atoms with Gasteiger partial charge in [0.1, 0.15) is 4.90 Å². The average molecular weight is 724 g/mol. The highest BCUT2D eigenvalue weighted by atomic mass is 32.2. The minimum Gasteiger partial charge on any atom is -0.392 e. The minimum absolute atomic E-state index is 0.0292. The highest BCUT2D eigenvalue weighted by Crippen LogP contribution is 2.42. The van der Waals surface area contributed by atoms with Crippen LogP contribution in [-0.2, 0) is 32.6 Å². The summed E-state index contributed by atoms with van der Waals surface area (Å²) in [4.78, 5) is 6.76. The van der Waals surface area contributed by atoms with Gasteiger partial charge in [-0.1, -0.05) is 110 Å². The predicted octanol–water partition coefficient (Wildman–Crippen LogP) is 8.76. The van der Waals surface area contributed by atoms with E-state index in [2.05, 4.69) is 83.2 Å². The zero-order valence-corrected chi connectivity index (χ0v) is 30.4. The lowest BCUT2D eigenvalue weighted by molar-refractivity contribution is -0.276. The van der Waals surface area contributed by atoms with Gasteiger partial charge in [-0.05, 0) is 75.6 Å². The molecular weight excluding hydrogens is 683 g/mol. The van der Waals surface area contributed by atoms with E-state index in [1.54, 1.807) is 42.6 Å². The number of anilines is 1. The van der Waals surface area contributed by atoms with E-state index < -0.39 is 16.3 Å². The highest BCUT2D eigenvalue weighted by molar-refractivity contribution is 7.93. The molecule has 9 heteroatoms. The first kappa shape index (κ1) is 34.9. The van der Waals surface area contributed by atoms with Gasteiger partial charge in [0, 0.05) is 41.8 Å². The molecule has 7 aromatic rings. The van der Waals surface area contributed by atoms with Gasteiger partial charge in [0.05, 0.1) is 24.3 Å². The molecule has 1 aliphatic heterocycles. The van der Waals surface area contributed by atoms with Gasteiger partial charge in [0.25, 0.3) is 10.0 Å². The van der Waals surface area contributed by atoms with Gasteiger partial charge in [-0.3, -0.25) is 14.6 Å². The van der Waals surface area contributed by atoms with Crippen LogP contribution in [0.25, 0.3) is 32.4 Å². The fraction of sp³-hybridized carbons (Fsp3) is 0.205. The van der Waals surface area contributed by atoms with Crippen LogP contribution in [0.4, 0.5) is 5.69 Å². The number of hydrogen-bond donors (Lipinski definition) is 2. The summed E-state index contributed by atoms with van der Waals surface area (Å²) in [6.07, 6.45) is 0.270. The van der Waals surface area contributed by atoms with E-state index in [0.717, 1.165) is 23.1 Å². The Kier molecular flexibility index (Phi) is 9.68. The van der Waals surface area contributed by atoms with Crippen molar-refractivity contribution < 1.29 is 23.0 Å². The first-order valence-electron chi connectivity index (χ1n) is 17.8. The molecule has 1 aliphatic rings. The lowest BCUT2D eigenvalue weighted by Gasteiger charge is -2.42. The highest BCUT2D eigenvalue weighted by Gasteiger charge is 2.39. The monoisotopic (exact) mass is 723 g/mol. The number of benzene rings is 6. The molecular formula is C44H41N3O5S. The van der Waals surface area contributed by atoms with Gasteiger partial charge in [0.15, 0.2) is 6.29 Å². The number of nitrogens with zero attached hydrogens (tertiary/aromatic N) is 2. The molecule has 1 unspecified atom stereocenters. The molecule has 0 spiro atoms. The zero-order chi connectivity index (χ0) is 36.5. The Morgan fingerprint density at radius 3 is 2.17 bits per heavy atom. The molecule has 6 aromatic carbocycles. The first-order valence-corrected chi connectivity index (χ1v) is 19.3. The maximum atomic E-state index is 13.7. The van der Waals surface area contributed by atoms with E-state index >= 15 is 0 Å². The molecule has 0 aliphatic carbocycles. The van der Waals surface area contributed by atoms with Crippen LogP contribution in [-0.4, -0.2) is 43.1 Å². The minimum atomic E-state index is -3.97. The standard InChI is InChI=1S/C44H41N3O5S/c1-29-40(27-47(2)26-39-37-16-5-3-10-33(37)24-34-11-4-6-17-38(34)39)51-44(52-43(29)32-21-19-30(28-48)20-22-32)35-13-7-15-36(25-35)46-53(49,50)41-18-8-12-31-14-9-23-45-42(31)41/h3-25,29,40,43-44,46,48H,26-28H2,1-2H3/t29-,40+,43+,44?/m0/s1. The number of rotatable bonds is 10. The lowest BCUT2D eigenvalue weighted by atomic mass is 9.89. The number of aromatic nitrogens is 1. The van der Waals surface area contributed by atoms with Gasteiger partial charge in [-0.15, -0.1) is 0 Å². The van der Waals surface area contributed by atoms with Crippen LogP contribution in [0.1, 0.15) is 41.6 Å². The smallest absolute Gasteiger partial charge is 0.264 e.